The Balaban J connectivity index is 2.76. The monoisotopic (exact) mass is 268 g/mol. The zero-order valence-corrected chi connectivity index (χ0v) is 11.1. The third-order valence-electron chi connectivity index (χ3n) is 2.61. The van der Waals surface area contributed by atoms with Gasteiger partial charge in [0.1, 0.15) is 5.82 Å². The van der Waals surface area contributed by atoms with E-state index in [2.05, 4.69) is 0 Å². The minimum Gasteiger partial charge on any atom is -0.341 e. The Morgan fingerprint density at radius 1 is 1.56 bits per heavy atom. The van der Waals surface area contributed by atoms with Gasteiger partial charge in [-0.05, 0) is 30.2 Å². The van der Waals surface area contributed by atoms with Gasteiger partial charge in [-0.2, -0.15) is 5.26 Å². The second-order valence-corrected chi connectivity index (χ2v) is 4.51. The number of aryl methyl sites for hydroxylation is 1. The Morgan fingerprint density at radius 3 is 2.83 bits per heavy atom. The van der Waals surface area contributed by atoms with Crippen molar-refractivity contribution in [2.75, 3.05) is 7.05 Å². The summed E-state index contributed by atoms with van der Waals surface area (Å²) in [6, 6.07) is 4.79. The van der Waals surface area contributed by atoms with E-state index in [9.17, 15) is 9.18 Å². The Kier molecular flexibility index (Phi) is 5.11. The van der Waals surface area contributed by atoms with E-state index in [0.717, 1.165) is 0 Å². The summed E-state index contributed by atoms with van der Waals surface area (Å²) in [4.78, 5) is 13.0. The van der Waals surface area contributed by atoms with Crippen LogP contribution in [0.25, 0.3) is 0 Å². The molecule has 0 bridgehead atoms. The lowest BCUT2D eigenvalue weighted by molar-refractivity contribution is -0.130. The number of carbonyl (C=O) groups is 1. The fourth-order valence-electron chi connectivity index (χ4n) is 1.51. The molecular weight excluding hydrogens is 255 g/mol. The van der Waals surface area contributed by atoms with Crippen LogP contribution in [-0.4, -0.2) is 17.9 Å². The summed E-state index contributed by atoms with van der Waals surface area (Å²) in [6.07, 6.45) is 0.345. The molecule has 3 nitrogen and oxygen atoms in total. The Bertz CT molecular complexity index is 496. The summed E-state index contributed by atoms with van der Waals surface area (Å²) in [5.41, 5.74) is 1.04. The first-order chi connectivity index (χ1) is 8.45. The van der Waals surface area contributed by atoms with Crippen LogP contribution in [0.5, 0.6) is 0 Å². The fraction of sp³-hybridized carbons (Fsp3) is 0.385. The second-order valence-electron chi connectivity index (χ2n) is 4.10. The van der Waals surface area contributed by atoms with E-state index < -0.39 is 0 Å². The number of nitrogens with zero attached hydrogens (tertiary/aromatic N) is 2. The first-order valence-corrected chi connectivity index (χ1v) is 5.89. The summed E-state index contributed by atoms with van der Waals surface area (Å²) in [6.45, 7) is 1.87. The van der Waals surface area contributed by atoms with E-state index in [1.807, 2.05) is 6.07 Å². The molecule has 18 heavy (non-hydrogen) atoms. The van der Waals surface area contributed by atoms with Crippen molar-refractivity contribution in [1.82, 2.24) is 4.90 Å². The lowest BCUT2D eigenvalue weighted by Gasteiger charge is -2.18. The highest BCUT2D eigenvalue weighted by atomic mass is 35.5. The van der Waals surface area contributed by atoms with Crippen LogP contribution in [0, 0.1) is 24.1 Å². The number of hydrogen-bond donors (Lipinski definition) is 0. The van der Waals surface area contributed by atoms with Gasteiger partial charge in [0.05, 0.1) is 6.07 Å². The molecule has 0 saturated carbocycles. The molecule has 5 heteroatoms. The van der Waals surface area contributed by atoms with Gasteiger partial charge in [-0.1, -0.05) is 11.6 Å². The highest BCUT2D eigenvalue weighted by molar-refractivity contribution is 6.31. The van der Waals surface area contributed by atoms with Crippen LogP contribution in [0.3, 0.4) is 0 Å². The molecule has 1 rings (SSSR count). The molecule has 0 aliphatic rings. The van der Waals surface area contributed by atoms with Crippen molar-refractivity contribution in [2.45, 2.75) is 26.3 Å². The van der Waals surface area contributed by atoms with E-state index in [1.54, 1.807) is 20.0 Å². The quantitative estimate of drug-likeness (QED) is 0.842. The SMILES string of the molecule is Cc1cc(Cl)c(CN(C)C(=O)CCC#N)cc1F. The third-order valence-corrected chi connectivity index (χ3v) is 2.96. The third kappa shape index (κ3) is 3.71. The fourth-order valence-corrected chi connectivity index (χ4v) is 1.78. The standard InChI is InChI=1S/C13H14ClFN2O/c1-9-6-11(14)10(7-12(9)15)8-17(2)13(18)4-3-5-16/h6-7H,3-4,8H2,1-2H3. The van der Waals surface area contributed by atoms with Crippen molar-refractivity contribution in [2.24, 2.45) is 0 Å². The number of amides is 1. The van der Waals surface area contributed by atoms with E-state index in [-0.39, 0.29) is 31.1 Å². The molecule has 1 amide bonds. The zero-order valence-electron chi connectivity index (χ0n) is 10.3. The minimum atomic E-state index is -0.340. The highest BCUT2D eigenvalue weighted by Crippen LogP contribution is 2.21. The molecule has 0 atom stereocenters. The summed E-state index contributed by atoms with van der Waals surface area (Å²) < 4.78 is 13.4. The Hall–Kier alpha value is -1.60. The summed E-state index contributed by atoms with van der Waals surface area (Å²) >= 11 is 6.00. The maximum Gasteiger partial charge on any atom is 0.223 e. The van der Waals surface area contributed by atoms with Crippen molar-refractivity contribution in [3.8, 4) is 6.07 Å². The number of carbonyl (C=O) groups excluding carboxylic acids is 1. The molecule has 96 valence electrons. The molecule has 1 aromatic rings. The number of hydrogen-bond acceptors (Lipinski definition) is 2. The van der Waals surface area contributed by atoms with Gasteiger partial charge in [0.25, 0.3) is 0 Å². The molecule has 0 spiro atoms. The van der Waals surface area contributed by atoms with Crippen molar-refractivity contribution in [3.63, 3.8) is 0 Å². The van der Waals surface area contributed by atoms with Crippen molar-refractivity contribution in [1.29, 1.82) is 5.26 Å². The number of rotatable bonds is 4. The number of benzene rings is 1. The number of halogens is 2. The van der Waals surface area contributed by atoms with Gasteiger partial charge in [-0.25, -0.2) is 4.39 Å². The van der Waals surface area contributed by atoms with Gasteiger partial charge in [0, 0.05) is 31.5 Å². The molecule has 0 heterocycles. The van der Waals surface area contributed by atoms with Crippen LogP contribution >= 0.6 is 11.6 Å². The molecular formula is C13H14ClFN2O. The van der Waals surface area contributed by atoms with E-state index in [1.165, 1.54) is 11.0 Å². The predicted molar refractivity (Wildman–Crippen MR) is 67.5 cm³/mol. The summed E-state index contributed by atoms with van der Waals surface area (Å²) in [5.74, 6) is -0.499. The topological polar surface area (TPSA) is 44.1 Å². The first-order valence-electron chi connectivity index (χ1n) is 5.51. The normalized spacial score (nSPS) is 9.94. The maximum absolute atomic E-state index is 13.4. The van der Waals surface area contributed by atoms with Crippen LogP contribution in [0.15, 0.2) is 12.1 Å². The van der Waals surface area contributed by atoms with Crippen LogP contribution < -0.4 is 0 Å². The predicted octanol–water partition coefficient (Wildman–Crippen LogP) is 3.05. The molecule has 0 fully saturated rings. The summed E-state index contributed by atoms with van der Waals surface area (Å²) in [5, 5.41) is 8.84. The smallest absolute Gasteiger partial charge is 0.223 e. The molecule has 0 saturated heterocycles. The Morgan fingerprint density at radius 2 is 2.22 bits per heavy atom. The van der Waals surface area contributed by atoms with Gasteiger partial charge < -0.3 is 4.90 Å². The average Bonchev–Trinajstić information content (AvgIpc) is 2.32. The highest BCUT2D eigenvalue weighted by Gasteiger charge is 2.12. The second kappa shape index (κ2) is 6.36. The van der Waals surface area contributed by atoms with Crippen LogP contribution in [-0.2, 0) is 11.3 Å². The molecule has 0 unspecified atom stereocenters. The lowest BCUT2D eigenvalue weighted by Crippen LogP contribution is -2.26. The molecule has 0 N–H and O–H groups in total. The van der Waals surface area contributed by atoms with Crippen molar-refractivity contribution >= 4 is 17.5 Å². The number of nitriles is 1. The first kappa shape index (κ1) is 14.5. The molecule has 0 aliphatic heterocycles. The van der Waals surface area contributed by atoms with Crippen molar-refractivity contribution < 1.29 is 9.18 Å². The van der Waals surface area contributed by atoms with Gasteiger partial charge in [-0.3, -0.25) is 4.79 Å². The summed E-state index contributed by atoms with van der Waals surface area (Å²) in [7, 11) is 1.60. The molecule has 1 aromatic carbocycles. The zero-order chi connectivity index (χ0) is 13.7. The van der Waals surface area contributed by atoms with E-state index in [0.29, 0.717) is 16.1 Å². The van der Waals surface area contributed by atoms with Gasteiger partial charge in [0.15, 0.2) is 0 Å². The minimum absolute atomic E-state index is 0.159. The van der Waals surface area contributed by atoms with Gasteiger partial charge >= 0.3 is 0 Å². The van der Waals surface area contributed by atoms with E-state index in [4.69, 9.17) is 16.9 Å². The molecule has 0 radical (unpaired) electrons. The molecule has 0 aliphatic carbocycles. The van der Waals surface area contributed by atoms with Crippen molar-refractivity contribution in [3.05, 3.63) is 34.1 Å². The molecule has 0 aromatic heterocycles. The van der Waals surface area contributed by atoms with Crippen LogP contribution in [0.4, 0.5) is 4.39 Å². The average molecular weight is 269 g/mol. The van der Waals surface area contributed by atoms with Crippen LogP contribution in [0.1, 0.15) is 24.0 Å². The Labute approximate surface area is 111 Å². The van der Waals surface area contributed by atoms with Crippen LogP contribution in [0.2, 0.25) is 5.02 Å². The van der Waals surface area contributed by atoms with Gasteiger partial charge in [-0.15, -0.1) is 0 Å². The lowest BCUT2D eigenvalue weighted by atomic mass is 10.1. The van der Waals surface area contributed by atoms with E-state index >= 15 is 0 Å². The maximum atomic E-state index is 13.4. The van der Waals surface area contributed by atoms with Gasteiger partial charge in [0.2, 0.25) is 5.91 Å². The largest absolute Gasteiger partial charge is 0.341 e.